The van der Waals surface area contributed by atoms with Gasteiger partial charge < -0.3 is 11.5 Å². The average Bonchev–Trinajstić information content (AvgIpc) is 1.62. The predicted molar refractivity (Wildman–Crippen MR) is 38.6 cm³/mol. The maximum Gasteiger partial charge on any atom is 0.310 e. The van der Waals surface area contributed by atoms with Gasteiger partial charge in [0.15, 0.2) is 0 Å². The molecule has 0 aromatic heterocycles. The Labute approximate surface area is 77.6 Å². The van der Waals surface area contributed by atoms with Crippen LogP contribution in [0, 0.1) is 6.42 Å². The van der Waals surface area contributed by atoms with E-state index >= 15 is 0 Å². The van der Waals surface area contributed by atoms with E-state index in [-0.39, 0.29) is 29.3 Å². The molecule has 0 fully saturated rings. The molecule has 0 spiro atoms. The molecule has 0 heterocycles. The molecule has 0 saturated heterocycles. The Morgan fingerprint density at radius 3 is 1.64 bits per heavy atom. The summed E-state index contributed by atoms with van der Waals surface area (Å²) in [7, 11) is 0. The van der Waals surface area contributed by atoms with Crippen molar-refractivity contribution >= 4 is 11.8 Å². The van der Waals surface area contributed by atoms with Crippen molar-refractivity contribution in [3.8, 4) is 0 Å². The first-order chi connectivity index (χ1) is 4.54. The summed E-state index contributed by atoms with van der Waals surface area (Å²) in [5.74, 6) is -1.37. The summed E-state index contributed by atoms with van der Waals surface area (Å²) in [6.07, 6.45) is 1.64. The Morgan fingerprint density at radius 1 is 1.36 bits per heavy atom. The normalized spacial score (nSPS) is 6.82. The van der Waals surface area contributed by atoms with Crippen LogP contribution in [0.3, 0.4) is 0 Å². The fraction of sp³-hybridized carbons (Fsp3) is 0.571. The van der Waals surface area contributed by atoms with Crippen LogP contribution in [0.1, 0.15) is 27.2 Å². The average molecular weight is 201 g/mol. The van der Waals surface area contributed by atoms with Crippen molar-refractivity contribution in [2.75, 3.05) is 0 Å². The Morgan fingerprint density at radius 2 is 1.64 bits per heavy atom. The molecule has 0 radical (unpaired) electrons. The van der Waals surface area contributed by atoms with E-state index in [0.717, 1.165) is 0 Å². The smallest absolute Gasteiger partial charge is 0.310 e. The third-order valence-electron chi connectivity index (χ3n) is 0.400. The van der Waals surface area contributed by atoms with Gasteiger partial charge in [-0.05, 0) is 6.92 Å². The molecule has 1 N–H and O–H groups in total. The number of hydrogen-bond acceptors (Lipinski definition) is 2. The van der Waals surface area contributed by atoms with Gasteiger partial charge in [-0.3, -0.25) is 9.59 Å². The number of carboxylic acid groups (broad SMARTS) is 1. The minimum Gasteiger partial charge on any atom is -0.481 e. The van der Waals surface area contributed by atoms with Gasteiger partial charge in [0.1, 0.15) is 12.2 Å². The zero-order valence-corrected chi connectivity index (χ0v) is 8.01. The summed E-state index contributed by atoms with van der Waals surface area (Å²) in [4.78, 5) is 19.5. The Bertz CT molecular complexity index is 100. The first kappa shape index (κ1) is 17.0. The molecule has 0 aliphatic rings. The van der Waals surface area contributed by atoms with Crippen LogP contribution in [-0.2, 0) is 26.7 Å². The molecule has 0 unspecified atom stereocenters. The van der Waals surface area contributed by atoms with E-state index in [1.165, 1.54) is 6.92 Å². The van der Waals surface area contributed by atoms with E-state index in [1.807, 2.05) is 20.3 Å². The summed E-state index contributed by atoms with van der Waals surface area (Å²) in [6.45, 7) is 5.24. The molecule has 0 aromatic rings. The molecular formula is C7H13FeO3-. The van der Waals surface area contributed by atoms with Gasteiger partial charge in [-0.25, -0.2) is 0 Å². The summed E-state index contributed by atoms with van der Waals surface area (Å²) in [6, 6.07) is 0. The fourth-order valence-electron chi connectivity index (χ4n) is 0.213. The molecule has 0 aliphatic heterocycles. The van der Waals surface area contributed by atoms with Gasteiger partial charge in [0.25, 0.3) is 0 Å². The van der Waals surface area contributed by atoms with Gasteiger partial charge in [-0.2, -0.15) is 13.8 Å². The molecule has 3 nitrogen and oxygen atoms in total. The van der Waals surface area contributed by atoms with E-state index in [1.54, 1.807) is 0 Å². The third-order valence-corrected chi connectivity index (χ3v) is 0.400. The Hall–Kier alpha value is -0.341. The number of carbonyl (C=O) groups is 2. The van der Waals surface area contributed by atoms with Crippen LogP contribution < -0.4 is 0 Å². The van der Waals surface area contributed by atoms with Crippen LogP contribution in [0.5, 0.6) is 0 Å². The van der Waals surface area contributed by atoms with Crippen molar-refractivity contribution < 1.29 is 31.8 Å². The molecule has 0 aliphatic carbocycles. The summed E-state index contributed by atoms with van der Waals surface area (Å²) >= 11 is 0. The van der Waals surface area contributed by atoms with Crippen molar-refractivity contribution in [2.45, 2.75) is 27.2 Å². The number of carbonyl (C=O) groups excluding carboxylic acids is 1. The van der Waals surface area contributed by atoms with Crippen molar-refractivity contribution in [2.24, 2.45) is 0 Å². The number of aliphatic carboxylic acids is 1. The van der Waals surface area contributed by atoms with Gasteiger partial charge >= 0.3 is 5.97 Å². The quantitative estimate of drug-likeness (QED) is 0.416. The Kier molecular flexibility index (Phi) is 19.0. The third kappa shape index (κ3) is 42.3. The minimum atomic E-state index is -1.06. The van der Waals surface area contributed by atoms with Gasteiger partial charge in [0.05, 0.1) is 0 Å². The number of hydrogen-bond donors (Lipinski definition) is 1. The molecule has 68 valence electrons. The zero-order valence-electron chi connectivity index (χ0n) is 6.90. The molecule has 0 atom stereocenters. The van der Waals surface area contributed by atoms with Gasteiger partial charge in [0.2, 0.25) is 0 Å². The molecule has 0 amide bonds. The van der Waals surface area contributed by atoms with Crippen molar-refractivity contribution in [1.29, 1.82) is 0 Å². The standard InChI is InChI=1S/C4H6O3.C3H7.Fe/c1-3(5)2-4(6)7;1-3-2;/h2H2,1H3,(H,6,7);3H,1-2H3;/q;-1;. The predicted octanol–water partition coefficient (Wildman–Crippen LogP) is 1.28. The number of rotatable bonds is 2. The van der Waals surface area contributed by atoms with E-state index in [9.17, 15) is 9.59 Å². The number of Topliss-reactive ketones (excluding diaryl/α,β-unsaturated/α-hetero) is 1. The molecule has 11 heavy (non-hydrogen) atoms. The van der Waals surface area contributed by atoms with Crippen molar-refractivity contribution in [1.82, 2.24) is 0 Å². The van der Waals surface area contributed by atoms with Crippen LogP contribution in [0.4, 0.5) is 0 Å². The SMILES string of the molecule is CC(=O)CC(=O)O.C[CH-]C.[Fe]. The largest absolute Gasteiger partial charge is 0.481 e. The Balaban J connectivity index is -0.000000140. The monoisotopic (exact) mass is 201 g/mol. The summed E-state index contributed by atoms with van der Waals surface area (Å²) in [5.41, 5.74) is 0. The second-order valence-corrected chi connectivity index (χ2v) is 1.85. The van der Waals surface area contributed by atoms with Crippen LogP contribution in [0.25, 0.3) is 0 Å². The van der Waals surface area contributed by atoms with Gasteiger partial charge in [0, 0.05) is 17.1 Å². The van der Waals surface area contributed by atoms with Gasteiger partial charge in [-0.15, -0.1) is 0 Å². The zero-order chi connectivity index (χ0) is 8.57. The second-order valence-electron chi connectivity index (χ2n) is 1.85. The van der Waals surface area contributed by atoms with E-state index in [0.29, 0.717) is 0 Å². The van der Waals surface area contributed by atoms with Crippen LogP contribution in [0.15, 0.2) is 0 Å². The van der Waals surface area contributed by atoms with E-state index < -0.39 is 5.97 Å². The maximum absolute atomic E-state index is 9.87. The first-order valence-electron chi connectivity index (χ1n) is 2.99. The number of ketones is 1. The molecular weight excluding hydrogens is 188 g/mol. The van der Waals surface area contributed by atoms with Crippen molar-refractivity contribution in [3.05, 3.63) is 6.42 Å². The van der Waals surface area contributed by atoms with Crippen LogP contribution >= 0.6 is 0 Å². The summed E-state index contributed by atoms with van der Waals surface area (Å²) in [5, 5.41) is 7.86. The second kappa shape index (κ2) is 12.3. The first-order valence-corrected chi connectivity index (χ1v) is 2.99. The van der Waals surface area contributed by atoms with Crippen molar-refractivity contribution in [3.63, 3.8) is 0 Å². The van der Waals surface area contributed by atoms with Gasteiger partial charge in [-0.1, -0.05) is 0 Å². The molecule has 4 heteroatoms. The van der Waals surface area contributed by atoms with Crippen LogP contribution in [0.2, 0.25) is 0 Å². The molecule has 0 aromatic carbocycles. The molecule has 0 bridgehead atoms. The topological polar surface area (TPSA) is 54.4 Å². The maximum atomic E-state index is 9.87. The van der Waals surface area contributed by atoms with E-state index in [2.05, 4.69) is 0 Å². The minimum absolute atomic E-state index is 0. The molecule has 0 saturated carbocycles. The molecule has 0 rings (SSSR count). The van der Waals surface area contributed by atoms with Crippen LogP contribution in [-0.4, -0.2) is 16.9 Å². The van der Waals surface area contributed by atoms with E-state index in [4.69, 9.17) is 5.11 Å². The fourth-order valence-corrected chi connectivity index (χ4v) is 0.213. The number of carboxylic acids is 1. The summed E-state index contributed by atoms with van der Waals surface area (Å²) < 4.78 is 0.